The molecule has 13 heteroatoms. The minimum atomic E-state index is -0.493. The van der Waals surface area contributed by atoms with E-state index in [0.29, 0.717) is 16.3 Å². The number of hydrazone groups is 1. The van der Waals surface area contributed by atoms with Crippen molar-refractivity contribution < 1.29 is 9.72 Å². The Labute approximate surface area is 179 Å². The molecule has 1 amide bonds. The first-order chi connectivity index (χ1) is 14.4. The number of para-hydroxylation sites is 1. The standard InChI is InChI=1S/C17H15ClN8O3S/c18-13-6-1-2-7-14(13)21-15(27)10-30-17-24-23-16(25(17)19)22-20-9-11-4-3-5-12(8-11)26(28)29/h1-9H,10,19H2,(H,21,27)(H,22,23)/b20-9+. The van der Waals surface area contributed by atoms with Gasteiger partial charge in [-0.25, -0.2) is 10.1 Å². The molecule has 0 aliphatic rings. The summed E-state index contributed by atoms with van der Waals surface area (Å²) in [6, 6.07) is 12.9. The van der Waals surface area contributed by atoms with Crippen molar-refractivity contribution in [1.82, 2.24) is 14.9 Å². The summed E-state index contributed by atoms with van der Waals surface area (Å²) >= 11 is 7.09. The van der Waals surface area contributed by atoms with Crippen LogP contribution >= 0.6 is 23.4 Å². The van der Waals surface area contributed by atoms with Crippen molar-refractivity contribution in [2.45, 2.75) is 5.16 Å². The summed E-state index contributed by atoms with van der Waals surface area (Å²) in [4.78, 5) is 22.4. The number of hydrogen-bond donors (Lipinski definition) is 3. The van der Waals surface area contributed by atoms with Crippen LogP contribution in [0.1, 0.15) is 5.56 Å². The first-order valence-corrected chi connectivity index (χ1v) is 9.71. The number of nitrogen functional groups attached to an aromatic ring is 1. The number of hydrogen-bond acceptors (Lipinski definition) is 9. The Bertz CT molecular complexity index is 1100. The van der Waals surface area contributed by atoms with Crippen molar-refractivity contribution >= 4 is 52.8 Å². The molecule has 2 aromatic carbocycles. The quantitative estimate of drug-likeness (QED) is 0.157. The van der Waals surface area contributed by atoms with Crippen LogP contribution in [0.4, 0.5) is 17.3 Å². The third-order valence-corrected chi connectivity index (χ3v) is 4.88. The van der Waals surface area contributed by atoms with Gasteiger partial charge in [-0.3, -0.25) is 14.9 Å². The lowest BCUT2D eigenvalue weighted by Crippen LogP contribution is -2.17. The number of nitrogens with one attached hydrogen (secondary N) is 2. The van der Waals surface area contributed by atoms with Gasteiger partial charge in [-0.15, -0.1) is 10.2 Å². The molecule has 0 unspecified atom stereocenters. The first kappa shape index (κ1) is 21.1. The molecule has 0 radical (unpaired) electrons. The third kappa shape index (κ3) is 5.46. The average Bonchev–Trinajstić information content (AvgIpc) is 3.08. The van der Waals surface area contributed by atoms with Crippen LogP contribution in [0.15, 0.2) is 58.8 Å². The summed E-state index contributed by atoms with van der Waals surface area (Å²) in [7, 11) is 0. The van der Waals surface area contributed by atoms with Crippen LogP contribution < -0.4 is 16.6 Å². The van der Waals surface area contributed by atoms with Gasteiger partial charge in [-0.05, 0) is 12.1 Å². The number of nitro groups is 1. The largest absolute Gasteiger partial charge is 0.334 e. The number of carbonyl (C=O) groups is 1. The fraction of sp³-hybridized carbons (Fsp3) is 0.0588. The van der Waals surface area contributed by atoms with E-state index in [1.807, 2.05) is 0 Å². The highest BCUT2D eigenvalue weighted by atomic mass is 35.5. The van der Waals surface area contributed by atoms with E-state index in [-0.39, 0.29) is 28.5 Å². The van der Waals surface area contributed by atoms with Gasteiger partial charge in [0.25, 0.3) is 11.6 Å². The number of non-ortho nitro benzene ring substituents is 1. The molecule has 0 fully saturated rings. The number of benzene rings is 2. The second-order valence-corrected chi connectivity index (χ2v) is 7.06. The van der Waals surface area contributed by atoms with E-state index < -0.39 is 4.92 Å². The third-order valence-electron chi connectivity index (χ3n) is 3.60. The second kappa shape index (κ2) is 9.71. The average molecular weight is 447 g/mol. The molecule has 3 aromatic rings. The molecule has 3 rings (SSSR count). The van der Waals surface area contributed by atoms with Gasteiger partial charge in [0.1, 0.15) is 0 Å². The van der Waals surface area contributed by atoms with E-state index in [1.54, 1.807) is 36.4 Å². The number of amides is 1. The van der Waals surface area contributed by atoms with E-state index in [9.17, 15) is 14.9 Å². The van der Waals surface area contributed by atoms with Crippen LogP contribution in [0, 0.1) is 10.1 Å². The normalized spacial score (nSPS) is 10.8. The summed E-state index contributed by atoms with van der Waals surface area (Å²) < 4.78 is 1.14. The number of nitrogens with two attached hydrogens (primary N) is 1. The maximum atomic E-state index is 12.1. The zero-order valence-corrected chi connectivity index (χ0v) is 16.8. The molecule has 0 bridgehead atoms. The highest BCUT2D eigenvalue weighted by Crippen LogP contribution is 2.22. The number of thioether (sulfide) groups is 1. The number of nitro benzene ring substituents is 1. The number of carbonyl (C=O) groups excluding carboxylic acids is 1. The van der Waals surface area contributed by atoms with Crippen LogP contribution in [0.25, 0.3) is 0 Å². The lowest BCUT2D eigenvalue weighted by Gasteiger charge is -2.06. The molecule has 0 saturated carbocycles. The maximum absolute atomic E-state index is 12.1. The Kier molecular flexibility index (Phi) is 6.83. The molecule has 154 valence electrons. The monoisotopic (exact) mass is 446 g/mol. The van der Waals surface area contributed by atoms with Gasteiger partial charge < -0.3 is 11.2 Å². The minimum Gasteiger partial charge on any atom is -0.334 e. The smallest absolute Gasteiger partial charge is 0.270 e. The molecule has 4 N–H and O–H groups in total. The molecule has 0 atom stereocenters. The number of halogens is 1. The van der Waals surface area contributed by atoms with Crippen molar-refractivity contribution in [3.05, 3.63) is 69.2 Å². The van der Waals surface area contributed by atoms with Crippen molar-refractivity contribution in [3.63, 3.8) is 0 Å². The predicted octanol–water partition coefficient (Wildman–Crippen LogP) is 2.73. The zero-order valence-electron chi connectivity index (χ0n) is 15.2. The Balaban J connectivity index is 1.55. The summed E-state index contributed by atoms with van der Waals surface area (Å²) in [6.45, 7) is 0. The van der Waals surface area contributed by atoms with Gasteiger partial charge >= 0.3 is 0 Å². The van der Waals surface area contributed by atoms with Gasteiger partial charge in [0, 0.05) is 17.7 Å². The van der Waals surface area contributed by atoms with Gasteiger partial charge in [0.2, 0.25) is 11.1 Å². The topological polar surface area (TPSA) is 153 Å². The maximum Gasteiger partial charge on any atom is 0.270 e. The van der Waals surface area contributed by atoms with Crippen molar-refractivity contribution in [2.24, 2.45) is 5.10 Å². The summed E-state index contributed by atoms with van der Waals surface area (Å²) in [5.74, 6) is 5.79. The highest BCUT2D eigenvalue weighted by Gasteiger charge is 2.13. The summed E-state index contributed by atoms with van der Waals surface area (Å²) in [5, 5.41) is 25.9. The van der Waals surface area contributed by atoms with Crippen LogP contribution in [-0.4, -0.2) is 37.7 Å². The molecule has 0 aliphatic carbocycles. The lowest BCUT2D eigenvalue weighted by atomic mass is 10.2. The summed E-state index contributed by atoms with van der Waals surface area (Å²) in [6.07, 6.45) is 1.38. The van der Waals surface area contributed by atoms with E-state index in [0.717, 1.165) is 16.4 Å². The van der Waals surface area contributed by atoms with Crippen LogP contribution in [0.3, 0.4) is 0 Å². The molecule has 1 heterocycles. The molecule has 1 aromatic heterocycles. The van der Waals surface area contributed by atoms with E-state index in [1.165, 1.54) is 18.3 Å². The minimum absolute atomic E-state index is 0.0392. The van der Waals surface area contributed by atoms with Gasteiger partial charge in [0.15, 0.2) is 0 Å². The van der Waals surface area contributed by atoms with E-state index >= 15 is 0 Å². The van der Waals surface area contributed by atoms with Crippen LogP contribution in [0.2, 0.25) is 5.02 Å². The molecule has 0 aliphatic heterocycles. The number of rotatable bonds is 8. The Morgan fingerprint density at radius 1 is 1.30 bits per heavy atom. The predicted molar refractivity (Wildman–Crippen MR) is 115 cm³/mol. The highest BCUT2D eigenvalue weighted by molar-refractivity contribution is 7.99. The Morgan fingerprint density at radius 2 is 2.10 bits per heavy atom. The van der Waals surface area contributed by atoms with Crippen molar-refractivity contribution in [1.29, 1.82) is 0 Å². The summed E-state index contributed by atoms with van der Waals surface area (Å²) in [5.41, 5.74) is 3.58. The van der Waals surface area contributed by atoms with Gasteiger partial charge in [0.05, 0.1) is 27.6 Å². The molecule has 11 nitrogen and oxygen atoms in total. The SMILES string of the molecule is Nn1c(N/N=C/c2cccc([N+](=O)[O-])c2)nnc1SCC(=O)Nc1ccccc1Cl. The zero-order chi connectivity index (χ0) is 21.5. The Hall–Kier alpha value is -3.64. The van der Waals surface area contributed by atoms with Crippen molar-refractivity contribution in [2.75, 3.05) is 22.3 Å². The van der Waals surface area contributed by atoms with E-state index in [2.05, 4.69) is 26.0 Å². The fourth-order valence-electron chi connectivity index (χ4n) is 2.21. The van der Waals surface area contributed by atoms with Gasteiger partial charge in [-0.1, -0.05) is 47.6 Å². The van der Waals surface area contributed by atoms with Crippen LogP contribution in [0.5, 0.6) is 0 Å². The molecular formula is C17H15ClN8O3S. The van der Waals surface area contributed by atoms with Crippen molar-refractivity contribution in [3.8, 4) is 0 Å². The van der Waals surface area contributed by atoms with E-state index in [4.69, 9.17) is 17.4 Å². The second-order valence-electron chi connectivity index (χ2n) is 5.71. The number of aromatic nitrogens is 3. The number of nitrogens with zero attached hydrogens (tertiary/aromatic N) is 5. The Morgan fingerprint density at radius 3 is 2.87 bits per heavy atom. The lowest BCUT2D eigenvalue weighted by molar-refractivity contribution is -0.384. The first-order valence-electron chi connectivity index (χ1n) is 8.35. The molecule has 30 heavy (non-hydrogen) atoms. The molecular weight excluding hydrogens is 432 g/mol. The van der Waals surface area contributed by atoms with Gasteiger partial charge in [-0.2, -0.15) is 5.10 Å². The molecule has 0 spiro atoms. The fourth-order valence-corrected chi connectivity index (χ4v) is 3.05. The number of anilines is 2. The van der Waals surface area contributed by atoms with Crippen LogP contribution in [-0.2, 0) is 4.79 Å². The molecule has 0 saturated heterocycles.